The molecule has 4 rings (SSSR count). The third kappa shape index (κ3) is 5.07. The maximum absolute atomic E-state index is 13.0. The third-order valence-corrected chi connectivity index (χ3v) is 6.36. The number of carbonyl (C=O) groups excluding carboxylic acids is 1. The minimum atomic E-state index is -0.437. The Bertz CT molecular complexity index is 1240. The highest BCUT2D eigenvalue weighted by molar-refractivity contribution is 9.10. The molecule has 1 amide bonds. The van der Waals surface area contributed by atoms with Crippen LogP contribution in [0.5, 0.6) is 5.75 Å². The minimum absolute atomic E-state index is 0.0379. The lowest BCUT2D eigenvalue weighted by Crippen LogP contribution is -2.27. The van der Waals surface area contributed by atoms with Crippen molar-refractivity contribution in [1.82, 2.24) is 0 Å². The summed E-state index contributed by atoms with van der Waals surface area (Å²) >= 11 is 10.1. The van der Waals surface area contributed by atoms with Crippen LogP contribution < -0.4 is 9.64 Å². The fraction of sp³-hybridized carbons (Fsp3) is 0.0435. The van der Waals surface area contributed by atoms with E-state index in [9.17, 15) is 14.9 Å². The van der Waals surface area contributed by atoms with Crippen molar-refractivity contribution >= 4 is 67.6 Å². The maximum Gasteiger partial charge on any atom is 0.270 e. The van der Waals surface area contributed by atoms with Gasteiger partial charge in [-0.05, 0) is 59.7 Å². The van der Waals surface area contributed by atoms with Gasteiger partial charge in [0.1, 0.15) is 12.4 Å². The van der Waals surface area contributed by atoms with Gasteiger partial charge >= 0.3 is 0 Å². The minimum Gasteiger partial charge on any atom is -0.489 e. The zero-order valence-electron chi connectivity index (χ0n) is 16.4. The number of carbonyl (C=O) groups is 1. The summed E-state index contributed by atoms with van der Waals surface area (Å²) in [4.78, 5) is 25.3. The summed E-state index contributed by atoms with van der Waals surface area (Å²) < 4.78 is 7.16. The van der Waals surface area contributed by atoms with E-state index in [1.54, 1.807) is 18.2 Å². The molecule has 0 bridgehead atoms. The Balaban J connectivity index is 1.48. The molecule has 0 atom stereocenters. The van der Waals surface area contributed by atoms with Crippen LogP contribution in [-0.4, -0.2) is 15.2 Å². The Morgan fingerprint density at radius 3 is 2.56 bits per heavy atom. The smallest absolute Gasteiger partial charge is 0.270 e. The predicted octanol–water partition coefficient (Wildman–Crippen LogP) is 6.34. The number of hydrogen-bond donors (Lipinski definition) is 0. The Kier molecular flexibility index (Phi) is 6.69. The molecule has 6 nitrogen and oxygen atoms in total. The zero-order valence-corrected chi connectivity index (χ0v) is 19.7. The third-order valence-electron chi connectivity index (χ3n) is 4.57. The molecule has 1 aliphatic heterocycles. The number of nitrogens with zero attached hydrogens (tertiary/aromatic N) is 2. The molecule has 1 heterocycles. The summed E-state index contributed by atoms with van der Waals surface area (Å²) in [6, 6.07) is 21.0. The Morgan fingerprint density at radius 2 is 1.84 bits per heavy atom. The van der Waals surface area contributed by atoms with Crippen LogP contribution in [-0.2, 0) is 11.4 Å². The van der Waals surface area contributed by atoms with Crippen LogP contribution in [0.15, 0.2) is 82.2 Å². The molecule has 1 saturated heterocycles. The number of ether oxygens (including phenoxy) is 1. The van der Waals surface area contributed by atoms with Gasteiger partial charge in [-0.2, -0.15) is 0 Å². The number of non-ortho nitro benzene ring substituents is 1. The highest BCUT2D eigenvalue weighted by atomic mass is 79.9. The normalized spacial score (nSPS) is 14.8. The Morgan fingerprint density at radius 1 is 1.09 bits per heavy atom. The largest absolute Gasteiger partial charge is 0.489 e. The summed E-state index contributed by atoms with van der Waals surface area (Å²) in [6.45, 7) is 0.270. The predicted molar refractivity (Wildman–Crippen MR) is 134 cm³/mol. The number of hydrogen-bond acceptors (Lipinski definition) is 6. The number of thiocarbonyl (C=S) groups is 1. The van der Waals surface area contributed by atoms with Gasteiger partial charge in [0.05, 0.1) is 15.5 Å². The average Bonchev–Trinajstić information content (AvgIpc) is 3.05. The number of benzene rings is 3. The number of nitro groups is 1. The molecule has 1 aliphatic rings. The van der Waals surface area contributed by atoms with Crippen molar-refractivity contribution in [2.45, 2.75) is 6.61 Å². The average molecular weight is 527 g/mol. The molecule has 160 valence electrons. The fourth-order valence-corrected chi connectivity index (χ4v) is 4.72. The van der Waals surface area contributed by atoms with Crippen LogP contribution in [0.25, 0.3) is 6.08 Å². The van der Waals surface area contributed by atoms with Crippen molar-refractivity contribution in [2.24, 2.45) is 0 Å². The molecule has 0 spiro atoms. The summed E-state index contributed by atoms with van der Waals surface area (Å²) in [5.74, 6) is 0.454. The van der Waals surface area contributed by atoms with Crippen molar-refractivity contribution < 1.29 is 14.5 Å². The first-order chi connectivity index (χ1) is 15.4. The summed E-state index contributed by atoms with van der Waals surface area (Å²) in [6.07, 6.45) is 1.79. The van der Waals surface area contributed by atoms with Gasteiger partial charge in [0.25, 0.3) is 11.6 Å². The van der Waals surface area contributed by atoms with Gasteiger partial charge in [-0.25, -0.2) is 0 Å². The number of halogens is 1. The highest BCUT2D eigenvalue weighted by Crippen LogP contribution is 2.37. The Labute approximate surface area is 202 Å². The van der Waals surface area contributed by atoms with E-state index < -0.39 is 4.92 Å². The van der Waals surface area contributed by atoms with E-state index in [0.29, 0.717) is 20.7 Å². The van der Waals surface area contributed by atoms with Crippen LogP contribution in [0.2, 0.25) is 0 Å². The van der Waals surface area contributed by atoms with E-state index in [-0.39, 0.29) is 18.2 Å². The zero-order chi connectivity index (χ0) is 22.7. The number of rotatable bonds is 6. The van der Waals surface area contributed by atoms with Gasteiger partial charge in [0.2, 0.25) is 0 Å². The van der Waals surface area contributed by atoms with Gasteiger partial charge in [-0.3, -0.25) is 19.8 Å². The summed E-state index contributed by atoms with van der Waals surface area (Å²) in [7, 11) is 0. The quantitative estimate of drug-likeness (QED) is 0.161. The lowest BCUT2D eigenvalue weighted by Gasteiger charge is -2.14. The molecule has 0 unspecified atom stereocenters. The van der Waals surface area contributed by atoms with Crippen molar-refractivity contribution in [3.8, 4) is 5.75 Å². The standard InChI is InChI=1S/C23H15BrN2O4S2/c24-17-4-2-5-19(13-17)25-22(27)21(32-23(25)31)12-16-3-1-6-20(11-16)30-14-15-7-9-18(10-8-15)26(28)29/h1-13H,14H2/b21-12+. The molecule has 32 heavy (non-hydrogen) atoms. The number of amides is 1. The number of nitro benzene ring substituents is 1. The van der Waals surface area contributed by atoms with Crippen molar-refractivity contribution in [1.29, 1.82) is 0 Å². The first-order valence-electron chi connectivity index (χ1n) is 9.40. The van der Waals surface area contributed by atoms with Crippen molar-refractivity contribution in [3.05, 3.63) is 103 Å². The summed E-state index contributed by atoms with van der Waals surface area (Å²) in [5, 5.41) is 10.8. The van der Waals surface area contributed by atoms with E-state index >= 15 is 0 Å². The van der Waals surface area contributed by atoms with Crippen LogP contribution in [0.3, 0.4) is 0 Å². The lowest BCUT2D eigenvalue weighted by atomic mass is 10.2. The molecule has 0 saturated carbocycles. The molecule has 0 aromatic heterocycles. The summed E-state index contributed by atoms with van der Waals surface area (Å²) in [5.41, 5.74) is 2.37. The molecule has 9 heteroatoms. The monoisotopic (exact) mass is 526 g/mol. The lowest BCUT2D eigenvalue weighted by molar-refractivity contribution is -0.384. The van der Waals surface area contributed by atoms with Gasteiger partial charge in [-0.1, -0.05) is 58.1 Å². The molecule has 0 N–H and O–H groups in total. The fourth-order valence-electron chi connectivity index (χ4n) is 3.03. The van der Waals surface area contributed by atoms with E-state index in [0.717, 1.165) is 15.6 Å². The number of thioether (sulfide) groups is 1. The van der Waals surface area contributed by atoms with E-state index in [1.807, 2.05) is 48.5 Å². The SMILES string of the molecule is O=C1/C(=C\c2cccc(OCc3ccc([N+](=O)[O-])cc3)c2)SC(=S)N1c1cccc(Br)c1. The van der Waals surface area contributed by atoms with Crippen LogP contribution in [0.4, 0.5) is 11.4 Å². The molecule has 0 radical (unpaired) electrons. The van der Waals surface area contributed by atoms with Gasteiger partial charge < -0.3 is 4.74 Å². The molecule has 3 aromatic rings. The van der Waals surface area contributed by atoms with Crippen LogP contribution in [0, 0.1) is 10.1 Å². The molecule has 1 fully saturated rings. The van der Waals surface area contributed by atoms with E-state index in [4.69, 9.17) is 17.0 Å². The second-order valence-corrected chi connectivity index (χ2v) is 9.37. The Hall–Kier alpha value is -3.01. The number of anilines is 1. The van der Waals surface area contributed by atoms with Crippen molar-refractivity contribution in [3.63, 3.8) is 0 Å². The second kappa shape index (κ2) is 9.64. The topological polar surface area (TPSA) is 72.7 Å². The van der Waals surface area contributed by atoms with E-state index in [1.165, 1.54) is 28.8 Å². The molecule has 0 aliphatic carbocycles. The van der Waals surface area contributed by atoms with Crippen molar-refractivity contribution in [2.75, 3.05) is 4.90 Å². The van der Waals surface area contributed by atoms with E-state index in [2.05, 4.69) is 15.9 Å². The molecular formula is C23H15BrN2O4S2. The first kappa shape index (κ1) is 22.2. The van der Waals surface area contributed by atoms with Gasteiger partial charge in [-0.15, -0.1) is 0 Å². The van der Waals surface area contributed by atoms with Crippen LogP contribution in [0.1, 0.15) is 11.1 Å². The first-order valence-corrected chi connectivity index (χ1v) is 11.4. The maximum atomic E-state index is 13.0. The highest BCUT2D eigenvalue weighted by Gasteiger charge is 2.33. The molecule has 3 aromatic carbocycles. The van der Waals surface area contributed by atoms with Crippen LogP contribution >= 0.6 is 39.9 Å². The van der Waals surface area contributed by atoms with Gasteiger partial charge in [0.15, 0.2) is 4.32 Å². The molecular weight excluding hydrogens is 512 g/mol. The van der Waals surface area contributed by atoms with Gasteiger partial charge in [0, 0.05) is 16.6 Å². The second-order valence-electron chi connectivity index (χ2n) is 6.78.